The van der Waals surface area contributed by atoms with Gasteiger partial charge in [0.05, 0.1) is 10.6 Å². The molecule has 10 heteroatoms. The van der Waals surface area contributed by atoms with E-state index in [1.807, 2.05) is 13.0 Å². The lowest BCUT2D eigenvalue weighted by Gasteiger charge is -2.10. The van der Waals surface area contributed by atoms with Crippen molar-refractivity contribution in [1.82, 2.24) is 9.78 Å². The molecule has 0 saturated heterocycles. The number of rotatable bonds is 4. The summed E-state index contributed by atoms with van der Waals surface area (Å²) in [5.41, 5.74) is -3.33. The molecule has 0 atom stereocenters. The lowest BCUT2D eigenvalue weighted by atomic mass is 10.2. The molecule has 0 spiro atoms. The van der Waals surface area contributed by atoms with Gasteiger partial charge < -0.3 is 5.32 Å². The van der Waals surface area contributed by atoms with E-state index in [1.165, 1.54) is 0 Å². The summed E-state index contributed by atoms with van der Waals surface area (Å²) < 4.78 is 62.1. The molecule has 1 aromatic heterocycles. The van der Waals surface area contributed by atoms with Gasteiger partial charge in [0.15, 0.2) is 0 Å². The third-order valence-corrected chi connectivity index (χ3v) is 5.41. The van der Waals surface area contributed by atoms with Gasteiger partial charge in [0.25, 0.3) is 15.7 Å². The highest BCUT2D eigenvalue weighted by Gasteiger charge is 2.46. The molecule has 0 saturated carbocycles. The Bertz CT molecular complexity index is 1120. The molecule has 146 valence electrons. The summed E-state index contributed by atoms with van der Waals surface area (Å²) in [5, 5.41) is 6.79. The largest absolute Gasteiger partial charge is 0.501 e. The number of nitrogens with zero attached hydrogens (tertiary/aromatic N) is 2. The van der Waals surface area contributed by atoms with Gasteiger partial charge in [-0.15, -0.1) is 0 Å². The van der Waals surface area contributed by atoms with Gasteiger partial charge in [-0.2, -0.15) is 18.3 Å². The van der Waals surface area contributed by atoms with Crippen molar-refractivity contribution in [2.24, 2.45) is 0 Å². The molecule has 2 aromatic carbocycles. The normalized spacial score (nSPS) is 12.0. The molecule has 0 radical (unpaired) electrons. The summed E-state index contributed by atoms with van der Waals surface area (Å²) in [6.45, 7) is 1.87. The van der Waals surface area contributed by atoms with Gasteiger partial charge in [-0.05, 0) is 55.5 Å². The number of alkyl halides is 3. The van der Waals surface area contributed by atoms with Crippen LogP contribution in [-0.2, 0) is 9.84 Å². The van der Waals surface area contributed by atoms with Gasteiger partial charge in [-0.1, -0.05) is 6.07 Å². The second-order valence-electron chi connectivity index (χ2n) is 5.86. The number of aromatic nitrogens is 2. The van der Waals surface area contributed by atoms with Gasteiger partial charge in [-0.25, -0.2) is 13.1 Å². The van der Waals surface area contributed by atoms with Gasteiger partial charge in [0.1, 0.15) is 0 Å². The second kappa shape index (κ2) is 7.12. The molecule has 28 heavy (non-hydrogen) atoms. The number of anilines is 1. The van der Waals surface area contributed by atoms with E-state index < -0.39 is 26.1 Å². The van der Waals surface area contributed by atoms with Crippen LogP contribution in [0.4, 0.5) is 18.9 Å². The van der Waals surface area contributed by atoms with Crippen LogP contribution in [0, 0.1) is 6.92 Å². The maximum atomic E-state index is 12.6. The summed E-state index contributed by atoms with van der Waals surface area (Å²) in [5.74, 6) is -0.592. The number of benzene rings is 2. The lowest BCUT2D eigenvalue weighted by molar-refractivity contribution is -0.0436. The van der Waals surface area contributed by atoms with E-state index in [1.54, 1.807) is 35.1 Å². The number of carbonyl (C=O) groups excluding carboxylic acids is 1. The monoisotopic (exact) mass is 409 g/mol. The highest BCUT2D eigenvalue weighted by atomic mass is 32.2. The quantitative estimate of drug-likeness (QED) is 0.712. The van der Waals surface area contributed by atoms with Crippen LogP contribution in [0.25, 0.3) is 5.69 Å². The van der Waals surface area contributed by atoms with Crippen molar-refractivity contribution in [1.29, 1.82) is 0 Å². The van der Waals surface area contributed by atoms with Crippen molar-refractivity contribution in [3.63, 3.8) is 0 Å². The van der Waals surface area contributed by atoms with Crippen LogP contribution in [0.2, 0.25) is 0 Å². The number of sulfone groups is 1. The van der Waals surface area contributed by atoms with Crippen LogP contribution in [0.3, 0.4) is 0 Å². The number of halogens is 3. The third kappa shape index (κ3) is 3.77. The molecule has 1 amide bonds. The predicted octanol–water partition coefficient (Wildman–Crippen LogP) is 3.73. The summed E-state index contributed by atoms with van der Waals surface area (Å²) in [6, 6.07) is 12.2. The Morgan fingerprint density at radius 1 is 1.07 bits per heavy atom. The van der Waals surface area contributed by atoms with Crippen LogP contribution >= 0.6 is 0 Å². The number of hydrogen-bond donors (Lipinski definition) is 1. The molecule has 1 heterocycles. The van der Waals surface area contributed by atoms with Crippen molar-refractivity contribution < 1.29 is 26.4 Å². The molecular formula is C18H14F3N3O3S. The first-order chi connectivity index (χ1) is 13.1. The molecule has 1 N–H and O–H groups in total. The van der Waals surface area contributed by atoms with Gasteiger partial charge in [-0.3, -0.25) is 4.79 Å². The van der Waals surface area contributed by atoms with Crippen LogP contribution in [0.5, 0.6) is 0 Å². The Balaban J connectivity index is 1.80. The first-order valence-corrected chi connectivity index (χ1v) is 9.42. The third-order valence-electron chi connectivity index (χ3n) is 3.91. The Labute approximate surface area is 158 Å². The maximum absolute atomic E-state index is 12.6. The number of carbonyl (C=O) groups is 1. The fourth-order valence-corrected chi connectivity index (χ4v) is 3.24. The van der Waals surface area contributed by atoms with Gasteiger partial charge in [0, 0.05) is 23.1 Å². The van der Waals surface area contributed by atoms with E-state index in [0.717, 1.165) is 30.0 Å². The van der Waals surface area contributed by atoms with E-state index in [4.69, 9.17) is 0 Å². The maximum Gasteiger partial charge on any atom is 0.501 e. The molecule has 3 rings (SSSR count). The number of nitrogens with one attached hydrogen (secondary N) is 1. The standard InChI is InChI=1S/C18H14F3N3O3S/c1-12-9-10-22-24(12)15-4-2-3-14(11-15)23-17(25)13-5-7-16(8-6-13)28(26,27)18(19,20)21/h2-11H,1H3,(H,23,25). The van der Waals surface area contributed by atoms with Crippen LogP contribution in [0.15, 0.2) is 65.7 Å². The SMILES string of the molecule is Cc1ccnn1-c1cccc(NC(=O)c2ccc(S(=O)(=O)C(F)(F)F)cc2)c1. The molecule has 3 aromatic rings. The zero-order valence-electron chi connectivity index (χ0n) is 14.4. The average molecular weight is 409 g/mol. The minimum Gasteiger partial charge on any atom is -0.322 e. The van der Waals surface area contributed by atoms with Gasteiger partial charge >= 0.3 is 5.51 Å². The minimum atomic E-state index is -5.45. The minimum absolute atomic E-state index is 0.0156. The number of hydrogen-bond acceptors (Lipinski definition) is 4. The molecule has 0 fully saturated rings. The van der Waals surface area contributed by atoms with Crippen LogP contribution < -0.4 is 5.32 Å². The summed E-state index contributed by atoms with van der Waals surface area (Å²) in [4.78, 5) is 11.4. The predicted molar refractivity (Wildman–Crippen MR) is 95.9 cm³/mol. The smallest absolute Gasteiger partial charge is 0.322 e. The van der Waals surface area contributed by atoms with Crippen LogP contribution in [-0.4, -0.2) is 29.6 Å². The number of amides is 1. The molecule has 0 unspecified atom stereocenters. The molecular weight excluding hydrogens is 395 g/mol. The molecule has 0 aliphatic carbocycles. The highest BCUT2D eigenvalue weighted by molar-refractivity contribution is 7.92. The Kier molecular flexibility index (Phi) is 4.99. The zero-order valence-corrected chi connectivity index (χ0v) is 15.3. The fourth-order valence-electron chi connectivity index (χ4n) is 2.48. The number of aryl methyl sites for hydroxylation is 1. The fraction of sp³-hybridized carbons (Fsp3) is 0.111. The van der Waals surface area contributed by atoms with E-state index in [2.05, 4.69) is 10.4 Å². The molecule has 0 aliphatic heterocycles. The van der Waals surface area contributed by atoms with E-state index >= 15 is 0 Å². The van der Waals surface area contributed by atoms with E-state index in [0.29, 0.717) is 11.4 Å². The summed E-state index contributed by atoms with van der Waals surface area (Å²) in [6.07, 6.45) is 1.64. The molecule has 6 nitrogen and oxygen atoms in total. The van der Waals surface area contributed by atoms with Crippen molar-refractivity contribution in [3.8, 4) is 5.69 Å². The summed E-state index contributed by atoms with van der Waals surface area (Å²) >= 11 is 0. The summed E-state index contributed by atoms with van der Waals surface area (Å²) in [7, 11) is -5.45. The highest BCUT2D eigenvalue weighted by Crippen LogP contribution is 2.30. The van der Waals surface area contributed by atoms with Crippen LogP contribution in [0.1, 0.15) is 16.1 Å². The molecule has 0 aliphatic rings. The first-order valence-electron chi connectivity index (χ1n) is 7.93. The Morgan fingerprint density at radius 3 is 2.32 bits per heavy atom. The lowest BCUT2D eigenvalue weighted by Crippen LogP contribution is -2.23. The zero-order chi connectivity index (χ0) is 20.5. The van der Waals surface area contributed by atoms with Crippen molar-refractivity contribution in [3.05, 3.63) is 72.1 Å². The topological polar surface area (TPSA) is 81.1 Å². The average Bonchev–Trinajstić information content (AvgIpc) is 3.07. The second-order valence-corrected chi connectivity index (χ2v) is 7.80. The Hall–Kier alpha value is -3.14. The first kappa shape index (κ1) is 19.6. The Morgan fingerprint density at radius 2 is 1.75 bits per heavy atom. The van der Waals surface area contributed by atoms with E-state index in [-0.39, 0.29) is 5.56 Å². The van der Waals surface area contributed by atoms with Gasteiger partial charge in [0.2, 0.25) is 0 Å². The van der Waals surface area contributed by atoms with Crippen molar-refractivity contribution >= 4 is 21.4 Å². The molecule has 0 bridgehead atoms. The van der Waals surface area contributed by atoms with E-state index in [9.17, 15) is 26.4 Å². The van der Waals surface area contributed by atoms with Crippen molar-refractivity contribution in [2.75, 3.05) is 5.32 Å². The van der Waals surface area contributed by atoms with Crippen molar-refractivity contribution in [2.45, 2.75) is 17.3 Å².